The second-order valence-corrected chi connectivity index (χ2v) is 8.07. The van der Waals surface area contributed by atoms with Gasteiger partial charge in [-0.05, 0) is 11.6 Å². The fourth-order valence-corrected chi connectivity index (χ4v) is 4.77. The van der Waals surface area contributed by atoms with Crippen molar-refractivity contribution in [2.24, 2.45) is 10.9 Å². The van der Waals surface area contributed by atoms with Gasteiger partial charge in [-0.2, -0.15) is 0 Å². The van der Waals surface area contributed by atoms with Gasteiger partial charge in [0.1, 0.15) is 23.7 Å². The van der Waals surface area contributed by atoms with E-state index in [2.05, 4.69) is 20.2 Å². The Morgan fingerprint density at radius 2 is 2.19 bits per heavy atom. The SMILES string of the molecule is NC(=O)OC/C=C\C1=C(C(=O)[O-])N2C(=O)C(NC(=O)/C(=N\O)c3csc(N)n3)[C@H]2SC1.[Na+]. The third-order valence-corrected chi connectivity index (χ3v) is 6.17. The van der Waals surface area contributed by atoms with Gasteiger partial charge in [0.15, 0.2) is 10.8 Å². The van der Waals surface area contributed by atoms with Gasteiger partial charge in [0.05, 0.1) is 11.7 Å². The molecule has 3 amide bonds. The first kappa shape index (κ1) is 25.7. The van der Waals surface area contributed by atoms with E-state index in [1.807, 2.05) is 0 Å². The van der Waals surface area contributed by atoms with Crippen molar-refractivity contribution in [3.05, 3.63) is 34.5 Å². The molecule has 2 aliphatic rings. The maximum absolute atomic E-state index is 12.6. The van der Waals surface area contributed by atoms with Gasteiger partial charge in [-0.1, -0.05) is 11.2 Å². The normalized spacial score (nSPS) is 20.3. The second-order valence-electron chi connectivity index (χ2n) is 6.07. The number of anilines is 1. The molecular weight excluding hydrogens is 475 g/mol. The number of carboxylic acid groups (broad SMARTS) is 1. The molecule has 13 nitrogen and oxygen atoms in total. The molecule has 1 fully saturated rings. The minimum atomic E-state index is -1.57. The van der Waals surface area contributed by atoms with Gasteiger partial charge >= 0.3 is 35.7 Å². The van der Waals surface area contributed by atoms with E-state index in [9.17, 15) is 24.3 Å². The number of thiazole rings is 1. The Morgan fingerprint density at radius 1 is 1.47 bits per heavy atom. The second kappa shape index (κ2) is 10.8. The number of rotatable bonds is 7. The molecule has 1 aromatic heterocycles. The third kappa shape index (κ3) is 5.24. The largest absolute Gasteiger partial charge is 1.00 e. The first-order chi connectivity index (χ1) is 14.7. The van der Waals surface area contributed by atoms with E-state index >= 15 is 0 Å². The summed E-state index contributed by atoms with van der Waals surface area (Å²) in [5.74, 6) is -2.95. The molecule has 32 heavy (non-hydrogen) atoms. The van der Waals surface area contributed by atoms with Crippen LogP contribution in [-0.2, 0) is 19.1 Å². The fraction of sp³-hybridized carbons (Fsp3) is 0.250. The van der Waals surface area contributed by atoms with Crippen LogP contribution in [0.25, 0.3) is 0 Å². The summed E-state index contributed by atoms with van der Waals surface area (Å²) in [4.78, 5) is 52.1. The van der Waals surface area contributed by atoms with Crippen LogP contribution in [0.1, 0.15) is 5.69 Å². The van der Waals surface area contributed by atoms with Gasteiger partial charge in [-0.15, -0.1) is 23.1 Å². The molecule has 0 spiro atoms. The average molecular weight is 490 g/mol. The number of nitrogen functional groups attached to an aromatic ring is 1. The van der Waals surface area contributed by atoms with Crippen LogP contribution in [-0.4, -0.2) is 68.5 Å². The molecular formula is C16H15N6NaO7S2. The number of ether oxygens (including phenoxy) is 1. The number of primary amides is 1. The summed E-state index contributed by atoms with van der Waals surface area (Å²) >= 11 is 2.23. The quantitative estimate of drug-likeness (QED) is 0.0938. The van der Waals surface area contributed by atoms with E-state index in [4.69, 9.17) is 16.7 Å². The maximum atomic E-state index is 12.6. The first-order valence-electron chi connectivity index (χ1n) is 8.46. The number of nitrogens with one attached hydrogen (secondary N) is 1. The number of thioether (sulfide) groups is 1. The number of amides is 3. The predicted molar refractivity (Wildman–Crippen MR) is 107 cm³/mol. The summed E-state index contributed by atoms with van der Waals surface area (Å²) in [6.07, 6.45) is 1.77. The zero-order valence-electron chi connectivity index (χ0n) is 16.5. The number of nitrogens with zero attached hydrogens (tertiary/aromatic N) is 3. The van der Waals surface area contributed by atoms with Crippen LogP contribution in [0, 0.1) is 0 Å². The van der Waals surface area contributed by atoms with Crippen molar-refractivity contribution in [1.29, 1.82) is 0 Å². The molecule has 1 saturated heterocycles. The number of nitrogens with two attached hydrogens (primary N) is 2. The molecule has 3 heterocycles. The van der Waals surface area contributed by atoms with Crippen molar-refractivity contribution in [2.45, 2.75) is 11.4 Å². The molecule has 0 aromatic carbocycles. The molecule has 16 heteroatoms. The summed E-state index contributed by atoms with van der Waals surface area (Å²) in [5, 5.41) is 27.0. The minimum Gasteiger partial charge on any atom is -0.543 e. The standard InChI is InChI=1S/C16H16N6O7S2.Na/c17-15-19-7(5-31-15)8(21-28)11(23)20-9-12(24)22-10(14(25)26)6(4-30-13(9)22)2-1-3-29-16(18)27;/h1-2,5,9,13,28H,3-4H2,(H2,17,19)(H2,18,27)(H,20,23)(H,25,26);/q;+1/p-1/b2-1-,21-8-;/t9?,13-;/m1./s1. The molecule has 2 atom stereocenters. The molecule has 0 radical (unpaired) electrons. The Balaban J connectivity index is 0.00000363. The summed E-state index contributed by atoms with van der Waals surface area (Å²) in [5.41, 5.74) is 9.86. The summed E-state index contributed by atoms with van der Waals surface area (Å²) < 4.78 is 4.53. The zero-order chi connectivity index (χ0) is 22.7. The molecule has 2 aliphatic heterocycles. The predicted octanol–water partition coefficient (Wildman–Crippen LogP) is -5.04. The van der Waals surface area contributed by atoms with Crippen LogP contribution in [0.4, 0.5) is 9.93 Å². The van der Waals surface area contributed by atoms with Gasteiger partial charge < -0.3 is 36.6 Å². The fourth-order valence-electron chi connectivity index (χ4n) is 2.90. The van der Waals surface area contributed by atoms with E-state index in [0.29, 0.717) is 0 Å². The Bertz CT molecular complexity index is 1040. The first-order valence-corrected chi connectivity index (χ1v) is 10.4. The molecule has 0 aliphatic carbocycles. The van der Waals surface area contributed by atoms with E-state index in [0.717, 1.165) is 16.2 Å². The Morgan fingerprint density at radius 3 is 2.75 bits per heavy atom. The zero-order valence-corrected chi connectivity index (χ0v) is 20.1. The number of aliphatic carboxylic acids is 1. The van der Waals surface area contributed by atoms with Crippen molar-refractivity contribution in [3.8, 4) is 0 Å². The van der Waals surface area contributed by atoms with Crippen molar-refractivity contribution in [2.75, 3.05) is 18.1 Å². The monoisotopic (exact) mass is 490 g/mol. The summed E-state index contributed by atoms with van der Waals surface area (Å²) in [6, 6.07) is -1.05. The van der Waals surface area contributed by atoms with Crippen molar-refractivity contribution >= 4 is 57.8 Å². The van der Waals surface area contributed by atoms with Crippen LogP contribution in [0.15, 0.2) is 34.0 Å². The van der Waals surface area contributed by atoms with Crippen LogP contribution >= 0.6 is 23.1 Å². The molecule has 164 valence electrons. The van der Waals surface area contributed by atoms with Crippen LogP contribution in [0.3, 0.4) is 0 Å². The van der Waals surface area contributed by atoms with Crippen LogP contribution in [0.5, 0.6) is 0 Å². The van der Waals surface area contributed by atoms with E-state index in [-0.39, 0.29) is 64.0 Å². The Kier molecular flexibility index (Phi) is 8.68. The smallest absolute Gasteiger partial charge is 0.543 e. The number of aromatic nitrogens is 1. The number of hydrogen-bond acceptors (Lipinski definition) is 12. The van der Waals surface area contributed by atoms with Crippen LogP contribution < -0.4 is 51.4 Å². The number of carboxylic acids is 1. The number of allylic oxidation sites excluding steroid dienone is 1. The number of carbonyl (C=O) groups excluding carboxylic acids is 4. The molecule has 3 rings (SSSR count). The number of β-lactam (4-membered cyclic amide) rings is 1. The van der Waals surface area contributed by atoms with Gasteiger partial charge in [-0.3, -0.25) is 14.5 Å². The third-order valence-electron chi connectivity index (χ3n) is 4.20. The van der Waals surface area contributed by atoms with Gasteiger partial charge in [0.2, 0.25) is 0 Å². The topological polar surface area (TPSA) is 213 Å². The van der Waals surface area contributed by atoms with Crippen molar-refractivity contribution < 1.29 is 63.8 Å². The molecule has 6 N–H and O–H groups in total. The number of carbonyl (C=O) groups is 4. The number of oxime groups is 1. The van der Waals surface area contributed by atoms with Crippen molar-refractivity contribution in [3.63, 3.8) is 0 Å². The number of hydrogen-bond donors (Lipinski definition) is 4. The van der Waals surface area contributed by atoms with Gasteiger partial charge in [0.25, 0.3) is 11.8 Å². The van der Waals surface area contributed by atoms with E-state index in [1.165, 1.54) is 29.3 Å². The maximum Gasteiger partial charge on any atom is 1.00 e. The average Bonchev–Trinajstić information content (AvgIpc) is 3.14. The molecule has 0 bridgehead atoms. The molecule has 1 unspecified atom stereocenters. The molecule has 0 saturated carbocycles. The van der Waals surface area contributed by atoms with Gasteiger partial charge in [-0.25, -0.2) is 9.78 Å². The Labute approximate surface area is 210 Å². The van der Waals surface area contributed by atoms with Crippen molar-refractivity contribution in [1.82, 2.24) is 15.2 Å². The number of fused-ring (bicyclic) bond motifs is 1. The van der Waals surface area contributed by atoms with E-state index in [1.54, 1.807) is 0 Å². The van der Waals surface area contributed by atoms with Crippen LogP contribution in [0.2, 0.25) is 0 Å². The van der Waals surface area contributed by atoms with E-state index < -0.39 is 41.0 Å². The molecule has 1 aromatic rings. The summed E-state index contributed by atoms with van der Waals surface area (Å²) in [6.45, 7) is -0.176. The van der Waals surface area contributed by atoms with Gasteiger partial charge in [0, 0.05) is 11.1 Å². The minimum absolute atomic E-state index is 0. The Hall–Kier alpha value is -2.59. The summed E-state index contributed by atoms with van der Waals surface area (Å²) in [7, 11) is 0.